The Labute approximate surface area is 152 Å². The first kappa shape index (κ1) is 17.0. The molecule has 4 rings (SSSR count). The first-order valence-electron chi connectivity index (χ1n) is 9.11. The van der Waals surface area contributed by atoms with E-state index >= 15 is 0 Å². The summed E-state index contributed by atoms with van der Waals surface area (Å²) in [7, 11) is 0. The van der Waals surface area contributed by atoms with Gasteiger partial charge in [-0.3, -0.25) is 4.79 Å². The maximum absolute atomic E-state index is 14.0. The van der Waals surface area contributed by atoms with Gasteiger partial charge in [0.2, 0.25) is 0 Å². The zero-order valence-electron chi connectivity index (χ0n) is 14.6. The highest BCUT2D eigenvalue weighted by Gasteiger charge is 2.29. The van der Waals surface area contributed by atoms with E-state index in [2.05, 4.69) is 0 Å². The van der Waals surface area contributed by atoms with E-state index in [9.17, 15) is 9.18 Å². The van der Waals surface area contributed by atoms with Gasteiger partial charge >= 0.3 is 0 Å². The fourth-order valence-corrected chi connectivity index (χ4v) is 3.65. The van der Waals surface area contributed by atoms with Gasteiger partial charge in [-0.2, -0.15) is 0 Å². The quantitative estimate of drug-likeness (QED) is 0.823. The Kier molecular flexibility index (Phi) is 4.89. The van der Waals surface area contributed by atoms with Gasteiger partial charge in [0.25, 0.3) is 5.91 Å². The van der Waals surface area contributed by atoms with Gasteiger partial charge in [-0.1, -0.05) is 30.3 Å². The average Bonchev–Trinajstić information content (AvgIpc) is 3.34. The van der Waals surface area contributed by atoms with E-state index in [1.54, 1.807) is 4.90 Å². The zero-order valence-corrected chi connectivity index (χ0v) is 14.6. The molecule has 4 nitrogen and oxygen atoms in total. The molecule has 2 heterocycles. The van der Waals surface area contributed by atoms with Gasteiger partial charge in [-0.15, -0.1) is 0 Å². The summed E-state index contributed by atoms with van der Waals surface area (Å²) in [6.07, 6.45) is 2.54. The number of amides is 1. The molecule has 1 amide bonds. The smallest absolute Gasteiger partial charge is 0.258 e. The highest BCUT2D eigenvalue weighted by Crippen LogP contribution is 2.33. The van der Waals surface area contributed by atoms with Crippen LogP contribution in [-0.2, 0) is 17.7 Å². The molecule has 136 valence electrons. The first-order chi connectivity index (χ1) is 12.7. The minimum atomic E-state index is -0.303. The van der Waals surface area contributed by atoms with Crippen LogP contribution in [-0.4, -0.2) is 36.7 Å². The van der Waals surface area contributed by atoms with Gasteiger partial charge in [0, 0.05) is 31.7 Å². The van der Waals surface area contributed by atoms with Gasteiger partial charge in [0.05, 0.1) is 18.3 Å². The normalized spacial score (nSPS) is 18.4. The number of halogens is 1. The number of rotatable bonds is 5. The molecule has 2 aliphatic rings. The van der Waals surface area contributed by atoms with Crippen molar-refractivity contribution in [3.8, 4) is 5.75 Å². The molecule has 1 saturated heterocycles. The van der Waals surface area contributed by atoms with E-state index in [-0.39, 0.29) is 17.8 Å². The lowest BCUT2D eigenvalue weighted by atomic mass is 10.1. The molecule has 1 atom stereocenters. The number of hydrogen-bond donors (Lipinski definition) is 0. The van der Waals surface area contributed by atoms with Gasteiger partial charge in [-0.05, 0) is 30.5 Å². The van der Waals surface area contributed by atoms with Gasteiger partial charge in [-0.25, -0.2) is 4.39 Å². The maximum Gasteiger partial charge on any atom is 0.258 e. The third-order valence-electron chi connectivity index (χ3n) is 4.98. The Morgan fingerprint density at radius 2 is 2.00 bits per heavy atom. The Morgan fingerprint density at radius 1 is 1.15 bits per heavy atom. The molecule has 0 N–H and O–H groups in total. The number of fused-ring (bicyclic) bond motifs is 1. The van der Waals surface area contributed by atoms with Crippen molar-refractivity contribution in [3.63, 3.8) is 0 Å². The molecular weight excluding hydrogens is 333 g/mol. The Balaban J connectivity index is 1.62. The summed E-state index contributed by atoms with van der Waals surface area (Å²) < 4.78 is 25.3. The van der Waals surface area contributed by atoms with Crippen LogP contribution in [0.2, 0.25) is 0 Å². The number of ether oxygens (including phenoxy) is 2. The molecule has 1 fully saturated rings. The second-order valence-corrected chi connectivity index (χ2v) is 6.81. The minimum Gasteiger partial charge on any atom is -0.492 e. The molecule has 2 aliphatic heterocycles. The van der Waals surface area contributed by atoms with Crippen LogP contribution in [0, 0.1) is 5.82 Å². The highest BCUT2D eigenvalue weighted by atomic mass is 19.1. The summed E-state index contributed by atoms with van der Waals surface area (Å²) in [5, 5.41) is 0. The fraction of sp³-hybridized carbons (Fsp3) is 0.381. The SMILES string of the molecule is O=C(c1ccc(F)c2c1OCC2)N(Cc1ccccc1)CC1CCCO1. The summed E-state index contributed by atoms with van der Waals surface area (Å²) in [4.78, 5) is 15.1. The molecule has 1 unspecified atom stereocenters. The molecule has 2 aromatic rings. The maximum atomic E-state index is 14.0. The Morgan fingerprint density at radius 3 is 2.77 bits per heavy atom. The monoisotopic (exact) mass is 355 g/mol. The van der Waals surface area contributed by atoms with Crippen molar-refractivity contribution < 1.29 is 18.7 Å². The number of carbonyl (C=O) groups is 1. The molecule has 26 heavy (non-hydrogen) atoms. The Hall–Kier alpha value is -2.40. The van der Waals surface area contributed by atoms with Crippen LogP contribution in [0.25, 0.3) is 0 Å². The van der Waals surface area contributed by atoms with E-state index in [1.807, 2.05) is 30.3 Å². The molecule has 0 aliphatic carbocycles. The van der Waals surface area contributed by atoms with Gasteiger partial charge in [0.15, 0.2) is 0 Å². The van der Waals surface area contributed by atoms with Crippen LogP contribution < -0.4 is 4.74 Å². The summed E-state index contributed by atoms with van der Waals surface area (Å²) in [5.74, 6) is -0.0364. The number of benzene rings is 2. The lowest BCUT2D eigenvalue weighted by Gasteiger charge is -2.26. The van der Waals surface area contributed by atoms with E-state index in [0.29, 0.717) is 43.0 Å². The van der Waals surface area contributed by atoms with E-state index in [0.717, 1.165) is 25.0 Å². The van der Waals surface area contributed by atoms with Crippen molar-refractivity contribution in [2.45, 2.75) is 31.9 Å². The molecule has 0 radical (unpaired) electrons. The summed E-state index contributed by atoms with van der Waals surface area (Å²) in [5.41, 5.74) is 2.00. The minimum absolute atomic E-state index is 0.0528. The third-order valence-corrected chi connectivity index (χ3v) is 4.98. The van der Waals surface area contributed by atoms with Crippen molar-refractivity contribution in [1.29, 1.82) is 0 Å². The third kappa shape index (κ3) is 3.44. The Bertz CT molecular complexity index is 787. The van der Waals surface area contributed by atoms with Crippen LogP contribution in [0.3, 0.4) is 0 Å². The van der Waals surface area contributed by atoms with Gasteiger partial charge in [0.1, 0.15) is 11.6 Å². The number of carbonyl (C=O) groups excluding carboxylic acids is 1. The summed E-state index contributed by atoms with van der Waals surface area (Å²) in [6.45, 7) is 2.18. The average molecular weight is 355 g/mol. The fourth-order valence-electron chi connectivity index (χ4n) is 3.65. The van der Waals surface area contributed by atoms with Crippen molar-refractivity contribution in [2.24, 2.45) is 0 Å². The van der Waals surface area contributed by atoms with Crippen molar-refractivity contribution >= 4 is 5.91 Å². The lowest BCUT2D eigenvalue weighted by molar-refractivity contribution is 0.0504. The number of hydrogen-bond acceptors (Lipinski definition) is 3. The molecule has 0 aromatic heterocycles. The van der Waals surface area contributed by atoms with Crippen LogP contribution in [0.15, 0.2) is 42.5 Å². The van der Waals surface area contributed by atoms with E-state index in [1.165, 1.54) is 12.1 Å². The number of nitrogens with zero attached hydrogens (tertiary/aromatic N) is 1. The molecule has 0 spiro atoms. The summed E-state index contributed by atoms with van der Waals surface area (Å²) in [6, 6.07) is 12.8. The summed E-state index contributed by atoms with van der Waals surface area (Å²) >= 11 is 0. The lowest BCUT2D eigenvalue weighted by Crippen LogP contribution is -2.37. The predicted octanol–water partition coefficient (Wildman–Crippen LogP) is 3.58. The van der Waals surface area contributed by atoms with Crippen molar-refractivity contribution in [1.82, 2.24) is 4.90 Å². The van der Waals surface area contributed by atoms with Crippen LogP contribution in [0.5, 0.6) is 5.75 Å². The molecular formula is C21H22FNO3. The molecule has 5 heteroatoms. The zero-order chi connectivity index (χ0) is 17.9. The van der Waals surface area contributed by atoms with Crippen LogP contribution in [0.4, 0.5) is 4.39 Å². The van der Waals surface area contributed by atoms with E-state index in [4.69, 9.17) is 9.47 Å². The highest BCUT2D eigenvalue weighted by molar-refractivity contribution is 5.97. The van der Waals surface area contributed by atoms with Crippen molar-refractivity contribution in [3.05, 3.63) is 65.0 Å². The van der Waals surface area contributed by atoms with Crippen LogP contribution >= 0.6 is 0 Å². The van der Waals surface area contributed by atoms with Gasteiger partial charge < -0.3 is 14.4 Å². The first-order valence-corrected chi connectivity index (χ1v) is 9.11. The van der Waals surface area contributed by atoms with E-state index < -0.39 is 0 Å². The second-order valence-electron chi connectivity index (χ2n) is 6.81. The topological polar surface area (TPSA) is 38.8 Å². The van der Waals surface area contributed by atoms with Crippen molar-refractivity contribution in [2.75, 3.05) is 19.8 Å². The molecule has 0 bridgehead atoms. The second kappa shape index (κ2) is 7.46. The van der Waals surface area contributed by atoms with Crippen LogP contribution in [0.1, 0.15) is 34.3 Å². The standard InChI is InChI=1S/C21H22FNO3/c22-19-9-8-18(20-17(19)10-12-26-20)21(24)23(14-16-7-4-11-25-16)13-15-5-2-1-3-6-15/h1-3,5-6,8-9,16H,4,7,10-14H2. The largest absolute Gasteiger partial charge is 0.492 e. The molecule has 2 aromatic carbocycles. The predicted molar refractivity (Wildman–Crippen MR) is 95.8 cm³/mol. The molecule has 0 saturated carbocycles.